The van der Waals surface area contributed by atoms with Crippen LogP contribution >= 0.6 is 0 Å². The summed E-state index contributed by atoms with van der Waals surface area (Å²) in [7, 11) is 0. The van der Waals surface area contributed by atoms with Crippen molar-refractivity contribution >= 4 is 11.7 Å². The lowest BCUT2D eigenvalue weighted by Crippen LogP contribution is -2.23. The average Bonchev–Trinajstić information content (AvgIpc) is 2.08. The van der Waals surface area contributed by atoms with E-state index in [2.05, 4.69) is 0 Å². The Kier molecular flexibility index (Phi) is 2.32. The first kappa shape index (κ1) is 9.90. The predicted molar refractivity (Wildman–Crippen MR) is 36.8 cm³/mol. The number of hydrogen-bond donors (Lipinski definition) is 0. The van der Waals surface area contributed by atoms with Gasteiger partial charge in [-0.25, -0.2) is 4.39 Å². The Labute approximate surface area is 76.4 Å². The van der Waals surface area contributed by atoms with Crippen LogP contribution in [-0.4, -0.2) is 10.9 Å². The number of carbonyl (C=O) groups excluding carboxylic acids is 1. The molecule has 1 aromatic carbocycles. The molecule has 0 saturated heterocycles. The van der Waals surface area contributed by atoms with E-state index in [9.17, 15) is 29.5 Å². The Balaban J connectivity index is 3.46. The van der Waals surface area contributed by atoms with E-state index in [1.807, 2.05) is 0 Å². The Hall–Kier alpha value is -2.18. The molecule has 0 aromatic heterocycles. The summed E-state index contributed by atoms with van der Waals surface area (Å²) in [5, 5.41) is 31.2. The van der Waals surface area contributed by atoms with Crippen molar-refractivity contribution in [1.82, 2.24) is 0 Å². The highest BCUT2D eigenvalue weighted by atomic mass is 19.1. The summed E-state index contributed by atoms with van der Waals surface area (Å²) in [6, 6.07) is 0.580. The lowest BCUT2D eigenvalue weighted by Gasteiger charge is -2.10. The van der Waals surface area contributed by atoms with Crippen LogP contribution in [0.15, 0.2) is 12.1 Å². The molecule has 0 radical (unpaired) electrons. The van der Waals surface area contributed by atoms with Crippen LogP contribution in [0.5, 0.6) is 5.75 Å². The molecule has 0 fully saturated rings. The molecule has 0 aliphatic rings. The second kappa shape index (κ2) is 3.29. The van der Waals surface area contributed by atoms with E-state index in [1.54, 1.807) is 0 Å². The van der Waals surface area contributed by atoms with Crippen LogP contribution in [0.25, 0.3) is 0 Å². The highest BCUT2D eigenvalue weighted by Gasteiger charge is 2.15. The summed E-state index contributed by atoms with van der Waals surface area (Å²) in [4.78, 5) is 19.4. The number of hydrogen-bond acceptors (Lipinski definition) is 5. The Bertz CT molecular complexity index is 378. The zero-order valence-electron chi connectivity index (χ0n) is 6.52. The summed E-state index contributed by atoms with van der Waals surface area (Å²) in [5.41, 5.74) is -1.93. The van der Waals surface area contributed by atoms with Gasteiger partial charge in [0, 0.05) is 0 Å². The first-order valence-electron chi connectivity index (χ1n) is 3.29. The van der Waals surface area contributed by atoms with E-state index in [1.165, 1.54) is 0 Å². The summed E-state index contributed by atoms with van der Waals surface area (Å²) in [6.07, 6.45) is 0. The minimum absolute atomic E-state index is 0.257. The third kappa shape index (κ3) is 1.60. The molecule has 14 heavy (non-hydrogen) atoms. The van der Waals surface area contributed by atoms with Crippen LogP contribution in [0, 0.1) is 15.9 Å². The summed E-state index contributed by atoms with van der Waals surface area (Å²) < 4.78 is 12.6. The van der Waals surface area contributed by atoms with E-state index in [0.29, 0.717) is 6.07 Å². The van der Waals surface area contributed by atoms with E-state index in [-0.39, 0.29) is 6.07 Å². The molecule has 1 aromatic rings. The van der Waals surface area contributed by atoms with E-state index in [0.717, 1.165) is 0 Å². The number of nitro groups is 1. The molecule has 7 heteroatoms. The number of carbonyl (C=O) groups is 1. The minimum Gasteiger partial charge on any atom is -0.870 e. The molecule has 1 rings (SSSR count). The summed E-state index contributed by atoms with van der Waals surface area (Å²) in [6.45, 7) is 0. The van der Waals surface area contributed by atoms with Gasteiger partial charge in [0.15, 0.2) is 0 Å². The van der Waals surface area contributed by atoms with Crippen LogP contribution < -0.4 is 10.2 Å². The zero-order valence-corrected chi connectivity index (χ0v) is 6.52. The van der Waals surface area contributed by atoms with Crippen LogP contribution in [0.1, 0.15) is 10.4 Å². The first-order chi connectivity index (χ1) is 6.43. The fourth-order valence-electron chi connectivity index (χ4n) is 0.857. The zero-order chi connectivity index (χ0) is 10.9. The van der Waals surface area contributed by atoms with E-state index in [4.69, 9.17) is 0 Å². The molecule has 0 aliphatic heterocycles. The van der Waals surface area contributed by atoms with Crippen LogP contribution in [0.3, 0.4) is 0 Å². The second-order valence-corrected chi connectivity index (χ2v) is 2.34. The molecule has 0 atom stereocenters. The maximum absolute atomic E-state index is 12.6. The molecule has 0 unspecified atom stereocenters. The number of aromatic carboxylic acids is 1. The van der Waals surface area contributed by atoms with Gasteiger partial charge in [-0.15, -0.1) is 0 Å². The fourth-order valence-corrected chi connectivity index (χ4v) is 0.857. The molecule has 0 heterocycles. The van der Waals surface area contributed by atoms with E-state index >= 15 is 0 Å². The van der Waals surface area contributed by atoms with Crippen molar-refractivity contribution in [3.05, 3.63) is 33.6 Å². The van der Waals surface area contributed by atoms with Gasteiger partial charge in [0.2, 0.25) is 0 Å². The average molecular weight is 199 g/mol. The SMILES string of the molecule is O=C([O-])c1cc([O-])c(F)cc1[N+](=O)[O-]. The van der Waals surface area contributed by atoms with Gasteiger partial charge in [0.1, 0.15) is 5.82 Å². The topological polar surface area (TPSA) is 106 Å². The summed E-state index contributed by atoms with van der Waals surface area (Å²) >= 11 is 0. The molecule has 0 bridgehead atoms. The van der Waals surface area contributed by atoms with Crippen molar-refractivity contribution in [2.45, 2.75) is 0 Å². The number of benzene rings is 1. The molecular weight excluding hydrogens is 197 g/mol. The number of rotatable bonds is 2. The predicted octanol–water partition coefficient (Wildman–Crippen LogP) is -0.829. The minimum atomic E-state index is -1.89. The van der Waals surface area contributed by atoms with Crippen molar-refractivity contribution in [2.75, 3.05) is 0 Å². The van der Waals surface area contributed by atoms with Gasteiger partial charge in [-0.2, -0.15) is 0 Å². The Morgan fingerprint density at radius 3 is 2.43 bits per heavy atom. The van der Waals surface area contributed by atoms with Crippen LogP contribution in [-0.2, 0) is 0 Å². The highest BCUT2D eigenvalue weighted by Crippen LogP contribution is 2.24. The third-order valence-electron chi connectivity index (χ3n) is 1.47. The van der Waals surface area contributed by atoms with Crippen LogP contribution in [0.2, 0.25) is 0 Å². The lowest BCUT2D eigenvalue weighted by atomic mass is 10.1. The first-order valence-corrected chi connectivity index (χ1v) is 3.29. The van der Waals surface area contributed by atoms with Crippen molar-refractivity contribution in [3.63, 3.8) is 0 Å². The van der Waals surface area contributed by atoms with Gasteiger partial charge in [-0.05, 0) is 0 Å². The quantitative estimate of drug-likeness (QED) is 0.456. The van der Waals surface area contributed by atoms with Gasteiger partial charge in [0.05, 0.1) is 22.5 Å². The largest absolute Gasteiger partial charge is 0.870 e. The molecule has 0 spiro atoms. The van der Waals surface area contributed by atoms with Gasteiger partial charge >= 0.3 is 0 Å². The molecule has 0 N–H and O–H groups in total. The van der Waals surface area contributed by atoms with Crippen LogP contribution in [0.4, 0.5) is 10.1 Å². The summed E-state index contributed by atoms with van der Waals surface area (Å²) in [5.74, 6) is -4.50. The molecule has 0 amide bonds. The maximum atomic E-state index is 12.6. The number of nitrogens with zero attached hydrogens (tertiary/aromatic N) is 1. The lowest BCUT2D eigenvalue weighted by molar-refractivity contribution is -0.386. The molecular formula is C7H2FNO5-2. The fraction of sp³-hybridized carbons (Fsp3) is 0. The van der Waals surface area contributed by atoms with Crippen molar-refractivity contribution < 1.29 is 24.3 Å². The number of nitro benzene ring substituents is 1. The van der Waals surface area contributed by atoms with Gasteiger partial charge in [-0.1, -0.05) is 11.8 Å². The van der Waals surface area contributed by atoms with Crippen molar-refractivity contribution in [1.29, 1.82) is 0 Å². The maximum Gasteiger partial charge on any atom is 0.281 e. The van der Waals surface area contributed by atoms with Crippen molar-refractivity contribution in [2.24, 2.45) is 0 Å². The van der Waals surface area contributed by atoms with Gasteiger partial charge < -0.3 is 15.0 Å². The van der Waals surface area contributed by atoms with Crippen molar-refractivity contribution in [3.8, 4) is 5.75 Å². The second-order valence-electron chi connectivity index (χ2n) is 2.34. The Morgan fingerprint density at radius 2 is 2.00 bits per heavy atom. The standard InChI is InChI=1S/C7H4FNO5/c8-4-2-5(9(13)14)3(7(11)12)1-6(4)10/h1-2,10H,(H,11,12)/p-2. The third-order valence-corrected chi connectivity index (χ3v) is 1.47. The Morgan fingerprint density at radius 1 is 1.43 bits per heavy atom. The molecule has 6 nitrogen and oxygen atoms in total. The number of halogens is 1. The van der Waals surface area contributed by atoms with E-state index < -0.39 is 33.7 Å². The molecule has 0 aliphatic carbocycles. The monoisotopic (exact) mass is 199 g/mol. The molecule has 74 valence electrons. The molecule has 0 saturated carbocycles. The highest BCUT2D eigenvalue weighted by molar-refractivity contribution is 5.91. The number of carboxylic acids is 1. The smallest absolute Gasteiger partial charge is 0.281 e. The number of carboxylic acid groups (broad SMARTS) is 1. The van der Waals surface area contributed by atoms with Gasteiger partial charge in [-0.3, -0.25) is 10.1 Å². The normalized spacial score (nSPS) is 9.79. The van der Waals surface area contributed by atoms with Gasteiger partial charge in [0.25, 0.3) is 5.69 Å².